The van der Waals surface area contributed by atoms with E-state index >= 15 is 0 Å². The SMILES string of the molecule is CCNC(=O)C1(N(C)C)CCc2ccccc21. The van der Waals surface area contributed by atoms with Gasteiger partial charge in [0, 0.05) is 6.54 Å². The third kappa shape index (κ3) is 1.75. The number of aryl methyl sites for hydroxylation is 1. The van der Waals surface area contributed by atoms with Gasteiger partial charge in [-0.2, -0.15) is 0 Å². The van der Waals surface area contributed by atoms with Crippen molar-refractivity contribution in [3.63, 3.8) is 0 Å². The van der Waals surface area contributed by atoms with Gasteiger partial charge in [-0.3, -0.25) is 9.69 Å². The normalized spacial score (nSPS) is 22.6. The molecule has 92 valence electrons. The highest BCUT2D eigenvalue weighted by molar-refractivity contribution is 5.89. The van der Waals surface area contributed by atoms with Gasteiger partial charge >= 0.3 is 0 Å². The number of rotatable bonds is 3. The largest absolute Gasteiger partial charge is 0.354 e. The predicted molar refractivity (Wildman–Crippen MR) is 68.8 cm³/mol. The van der Waals surface area contributed by atoms with Crippen LogP contribution in [0.5, 0.6) is 0 Å². The molecule has 17 heavy (non-hydrogen) atoms. The Balaban J connectivity index is 2.48. The zero-order chi connectivity index (χ0) is 12.5. The summed E-state index contributed by atoms with van der Waals surface area (Å²) in [6.45, 7) is 2.64. The van der Waals surface area contributed by atoms with E-state index in [4.69, 9.17) is 0 Å². The number of nitrogens with zero attached hydrogens (tertiary/aromatic N) is 1. The van der Waals surface area contributed by atoms with E-state index in [0.29, 0.717) is 6.54 Å². The van der Waals surface area contributed by atoms with Crippen LogP contribution in [-0.2, 0) is 16.8 Å². The maximum absolute atomic E-state index is 12.4. The van der Waals surface area contributed by atoms with E-state index in [1.54, 1.807) is 0 Å². The molecule has 0 heterocycles. The molecule has 0 aromatic heterocycles. The van der Waals surface area contributed by atoms with E-state index < -0.39 is 5.54 Å². The number of amides is 1. The highest BCUT2D eigenvalue weighted by Gasteiger charge is 2.46. The maximum atomic E-state index is 12.4. The topological polar surface area (TPSA) is 32.3 Å². The molecule has 0 saturated heterocycles. The van der Waals surface area contributed by atoms with Crippen molar-refractivity contribution in [1.82, 2.24) is 10.2 Å². The standard InChI is InChI=1S/C14H20N2O/c1-4-15-13(17)14(16(2)3)10-9-11-7-5-6-8-12(11)14/h5-8H,4,9-10H2,1-3H3,(H,15,17). The third-order valence-electron chi connectivity index (χ3n) is 3.70. The number of carbonyl (C=O) groups excluding carboxylic acids is 1. The van der Waals surface area contributed by atoms with Crippen molar-refractivity contribution in [1.29, 1.82) is 0 Å². The summed E-state index contributed by atoms with van der Waals surface area (Å²) in [7, 11) is 3.97. The van der Waals surface area contributed by atoms with Crippen LogP contribution < -0.4 is 5.32 Å². The fourth-order valence-electron chi connectivity index (χ4n) is 2.80. The summed E-state index contributed by atoms with van der Waals surface area (Å²) in [6, 6.07) is 8.27. The highest BCUT2D eigenvalue weighted by Crippen LogP contribution is 2.40. The molecule has 2 rings (SSSR count). The van der Waals surface area contributed by atoms with Crippen LogP contribution in [0.2, 0.25) is 0 Å². The first kappa shape index (κ1) is 12.1. The molecule has 0 radical (unpaired) electrons. The van der Waals surface area contributed by atoms with Crippen molar-refractivity contribution in [2.24, 2.45) is 0 Å². The summed E-state index contributed by atoms with van der Waals surface area (Å²) in [5, 5.41) is 2.97. The molecule has 0 bridgehead atoms. The van der Waals surface area contributed by atoms with Crippen molar-refractivity contribution < 1.29 is 4.79 Å². The summed E-state index contributed by atoms with van der Waals surface area (Å²) < 4.78 is 0. The fraction of sp³-hybridized carbons (Fsp3) is 0.500. The van der Waals surface area contributed by atoms with Gasteiger partial charge < -0.3 is 5.32 Å². The van der Waals surface area contributed by atoms with Gasteiger partial charge in [-0.1, -0.05) is 24.3 Å². The van der Waals surface area contributed by atoms with Gasteiger partial charge in [0.05, 0.1) is 0 Å². The second-order valence-corrected chi connectivity index (χ2v) is 4.77. The van der Waals surface area contributed by atoms with Crippen LogP contribution in [0.3, 0.4) is 0 Å². The molecule has 1 N–H and O–H groups in total. The molecule has 1 aliphatic rings. The molecule has 3 nitrogen and oxygen atoms in total. The lowest BCUT2D eigenvalue weighted by atomic mass is 9.89. The number of hydrogen-bond acceptors (Lipinski definition) is 2. The molecule has 1 aromatic rings. The van der Waals surface area contributed by atoms with E-state index in [-0.39, 0.29) is 5.91 Å². The zero-order valence-electron chi connectivity index (χ0n) is 10.8. The highest BCUT2D eigenvalue weighted by atomic mass is 16.2. The van der Waals surface area contributed by atoms with Crippen molar-refractivity contribution in [3.8, 4) is 0 Å². The third-order valence-corrected chi connectivity index (χ3v) is 3.70. The molecule has 1 atom stereocenters. The summed E-state index contributed by atoms with van der Waals surface area (Å²) in [5.41, 5.74) is 1.98. The first-order valence-electron chi connectivity index (χ1n) is 6.17. The number of carbonyl (C=O) groups is 1. The Labute approximate surface area is 103 Å². The quantitative estimate of drug-likeness (QED) is 0.857. The average molecular weight is 232 g/mol. The summed E-state index contributed by atoms with van der Waals surface area (Å²) in [4.78, 5) is 14.5. The minimum Gasteiger partial charge on any atom is -0.354 e. The van der Waals surface area contributed by atoms with Crippen molar-refractivity contribution in [2.45, 2.75) is 25.3 Å². The van der Waals surface area contributed by atoms with Crippen molar-refractivity contribution in [2.75, 3.05) is 20.6 Å². The number of benzene rings is 1. The molecule has 1 unspecified atom stereocenters. The Morgan fingerprint density at radius 3 is 2.76 bits per heavy atom. The smallest absolute Gasteiger partial charge is 0.245 e. The molecule has 1 aliphatic carbocycles. The van der Waals surface area contributed by atoms with E-state index in [2.05, 4.69) is 17.4 Å². The number of hydrogen-bond donors (Lipinski definition) is 1. The summed E-state index contributed by atoms with van der Waals surface area (Å²) in [6.07, 6.45) is 1.84. The Kier molecular flexibility index (Phi) is 3.20. The van der Waals surface area contributed by atoms with E-state index in [9.17, 15) is 4.79 Å². The lowest BCUT2D eigenvalue weighted by molar-refractivity contribution is -0.132. The van der Waals surface area contributed by atoms with Gasteiger partial charge in [0.1, 0.15) is 5.54 Å². The second-order valence-electron chi connectivity index (χ2n) is 4.77. The summed E-state index contributed by atoms with van der Waals surface area (Å²) in [5.74, 6) is 0.120. The lowest BCUT2D eigenvalue weighted by Gasteiger charge is -2.35. The molecule has 0 fully saturated rings. The Bertz CT molecular complexity index is 428. The first-order valence-corrected chi connectivity index (χ1v) is 6.17. The fourth-order valence-corrected chi connectivity index (χ4v) is 2.80. The van der Waals surface area contributed by atoms with Crippen LogP contribution in [0.25, 0.3) is 0 Å². The lowest BCUT2D eigenvalue weighted by Crippen LogP contribution is -2.52. The van der Waals surface area contributed by atoms with Crippen LogP contribution in [0.15, 0.2) is 24.3 Å². The molecule has 3 heteroatoms. The zero-order valence-corrected chi connectivity index (χ0v) is 10.8. The van der Waals surface area contributed by atoms with Gasteiger partial charge in [0.25, 0.3) is 0 Å². The number of nitrogens with one attached hydrogen (secondary N) is 1. The number of likely N-dealkylation sites (N-methyl/N-ethyl adjacent to an activating group) is 2. The minimum absolute atomic E-state index is 0.120. The van der Waals surface area contributed by atoms with Gasteiger partial charge in [-0.05, 0) is 45.0 Å². The molecular formula is C14H20N2O. The first-order chi connectivity index (χ1) is 8.13. The van der Waals surface area contributed by atoms with E-state index in [0.717, 1.165) is 18.4 Å². The minimum atomic E-state index is -0.480. The van der Waals surface area contributed by atoms with Crippen LogP contribution in [0.4, 0.5) is 0 Å². The Hall–Kier alpha value is -1.35. The van der Waals surface area contributed by atoms with Crippen LogP contribution in [-0.4, -0.2) is 31.4 Å². The van der Waals surface area contributed by atoms with Gasteiger partial charge in [-0.25, -0.2) is 0 Å². The summed E-state index contributed by atoms with van der Waals surface area (Å²) >= 11 is 0. The second kappa shape index (κ2) is 4.49. The van der Waals surface area contributed by atoms with Gasteiger partial charge in [0.15, 0.2) is 0 Å². The molecule has 0 saturated carbocycles. The predicted octanol–water partition coefficient (Wildman–Crippen LogP) is 1.53. The van der Waals surface area contributed by atoms with Crippen LogP contribution in [0, 0.1) is 0 Å². The maximum Gasteiger partial charge on any atom is 0.245 e. The van der Waals surface area contributed by atoms with E-state index in [1.165, 1.54) is 5.56 Å². The molecule has 1 amide bonds. The Morgan fingerprint density at radius 1 is 1.41 bits per heavy atom. The van der Waals surface area contributed by atoms with Crippen molar-refractivity contribution >= 4 is 5.91 Å². The average Bonchev–Trinajstić information content (AvgIpc) is 2.69. The molecule has 0 spiro atoms. The van der Waals surface area contributed by atoms with Crippen LogP contribution in [0.1, 0.15) is 24.5 Å². The van der Waals surface area contributed by atoms with E-state index in [1.807, 2.05) is 38.1 Å². The monoisotopic (exact) mass is 232 g/mol. The van der Waals surface area contributed by atoms with Gasteiger partial charge in [0.2, 0.25) is 5.91 Å². The van der Waals surface area contributed by atoms with Crippen molar-refractivity contribution in [3.05, 3.63) is 35.4 Å². The van der Waals surface area contributed by atoms with Gasteiger partial charge in [-0.15, -0.1) is 0 Å². The van der Waals surface area contributed by atoms with Crippen LogP contribution >= 0.6 is 0 Å². The number of fused-ring (bicyclic) bond motifs is 1. The Morgan fingerprint density at radius 2 is 2.12 bits per heavy atom. The molecular weight excluding hydrogens is 212 g/mol. The molecule has 1 aromatic carbocycles. The molecule has 0 aliphatic heterocycles.